The maximum atomic E-state index is 2.52. The smallest absolute Gasteiger partial charge is 0.0640 e. The van der Waals surface area contributed by atoms with Crippen molar-refractivity contribution >= 4 is 129 Å². The first-order chi connectivity index (χ1) is 39.0. The summed E-state index contributed by atoms with van der Waals surface area (Å²) in [5.41, 5.74) is 16.9. The van der Waals surface area contributed by atoms with Gasteiger partial charge in [0.25, 0.3) is 0 Å². The van der Waals surface area contributed by atoms with E-state index in [2.05, 4.69) is 291 Å². The number of fused-ring (bicyclic) bond motifs is 16. The number of benzene rings is 13. The van der Waals surface area contributed by atoms with Crippen molar-refractivity contribution in [3.8, 4) is 33.4 Å². The third kappa shape index (κ3) is 7.08. The van der Waals surface area contributed by atoms with Gasteiger partial charge in [0.2, 0.25) is 0 Å². The van der Waals surface area contributed by atoms with E-state index in [0.717, 1.165) is 22.7 Å². The molecule has 0 saturated carbocycles. The predicted octanol–water partition coefficient (Wildman–Crippen LogP) is 22.5. The average Bonchev–Trinajstić information content (AvgIpc) is 3.52. The Morgan fingerprint density at radius 2 is 0.709 bits per heavy atom. The van der Waals surface area contributed by atoms with Crippen LogP contribution in [0.25, 0.3) is 106 Å². The van der Waals surface area contributed by atoms with Gasteiger partial charge in [-0.1, -0.05) is 196 Å². The van der Waals surface area contributed by atoms with Crippen LogP contribution in [0.4, 0.5) is 34.1 Å². The molecule has 0 saturated heterocycles. The van der Waals surface area contributed by atoms with E-state index in [1.807, 2.05) is 22.7 Å². The van der Waals surface area contributed by atoms with Crippen molar-refractivity contribution in [1.82, 2.24) is 0 Å². The van der Waals surface area contributed by atoms with Crippen LogP contribution in [0, 0.1) is 0 Å². The molecule has 0 fully saturated rings. The second kappa shape index (κ2) is 17.9. The van der Waals surface area contributed by atoms with E-state index in [9.17, 15) is 0 Å². The minimum absolute atomic E-state index is 0.278. The van der Waals surface area contributed by atoms with Gasteiger partial charge in [0.05, 0.1) is 20.8 Å². The lowest BCUT2D eigenvalue weighted by Crippen LogP contribution is -2.16. The van der Waals surface area contributed by atoms with E-state index in [4.69, 9.17) is 0 Å². The number of anilines is 6. The lowest BCUT2D eigenvalue weighted by atomic mass is 9.77. The molecule has 79 heavy (non-hydrogen) atoms. The van der Waals surface area contributed by atoms with Crippen LogP contribution in [-0.4, -0.2) is 0 Å². The molecule has 4 heteroatoms. The number of nitrogens with zero attached hydrogens (tertiary/aromatic N) is 2. The molecule has 2 nitrogen and oxygen atoms in total. The molecule has 0 unspecified atom stereocenters. The van der Waals surface area contributed by atoms with Gasteiger partial charge in [0.15, 0.2) is 0 Å². The summed E-state index contributed by atoms with van der Waals surface area (Å²) in [6, 6.07) is 99.0. The molecule has 1 aliphatic carbocycles. The fourth-order valence-corrected chi connectivity index (χ4v) is 15.7. The molecule has 16 rings (SSSR count). The highest BCUT2D eigenvalue weighted by atomic mass is 32.1. The molecule has 0 atom stereocenters. The number of hydrogen-bond donors (Lipinski definition) is 0. The second-order valence-electron chi connectivity index (χ2n) is 21.5. The molecule has 0 N–H and O–H groups in total. The zero-order valence-corrected chi connectivity index (χ0v) is 45.2. The Hall–Kier alpha value is -9.32. The third-order valence-corrected chi connectivity index (χ3v) is 19.2. The van der Waals surface area contributed by atoms with Crippen molar-refractivity contribution < 1.29 is 0 Å². The molecule has 2 aromatic heterocycles. The first-order valence-electron chi connectivity index (χ1n) is 27.2. The van der Waals surface area contributed by atoms with Crippen molar-refractivity contribution in [3.05, 3.63) is 278 Å². The number of para-hydroxylation sites is 2. The van der Waals surface area contributed by atoms with Gasteiger partial charge in [-0.3, -0.25) is 0 Å². The fraction of sp³-hybridized carbons (Fsp3) is 0.0400. The molecule has 0 aliphatic heterocycles. The van der Waals surface area contributed by atoms with Crippen LogP contribution < -0.4 is 9.80 Å². The van der Waals surface area contributed by atoms with Crippen molar-refractivity contribution in [2.24, 2.45) is 0 Å². The second-order valence-corrected chi connectivity index (χ2v) is 23.6. The van der Waals surface area contributed by atoms with E-state index >= 15 is 0 Å². The summed E-state index contributed by atoms with van der Waals surface area (Å²) in [5, 5.41) is 12.9. The van der Waals surface area contributed by atoms with Crippen molar-refractivity contribution in [2.75, 3.05) is 9.80 Å². The van der Waals surface area contributed by atoms with E-state index in [0.29, 0.717) is 0 Å². The predicted molar refractivity (Wildman–Crippen MR) is 343 cm³/mol. The Kier molecular flexibility index (Phi) is 10.4. The molecule has 0 radical (unpaired) electrons. The average molecular weight is 1040 g/mol. The zero-order valence-electron chi connectivity index (χ0n) is 43.6. The molecular weight excluding hydrogens is 993 g/mol. The lowest BCUT2D eigenvalue weighted by Gasteiger charge is -2.27. The minimum Gasteiger partial charge on any atom is -0.309 e. The van der Waals surface area contributed by atoms with E-state index in [-0.39, 0.29) is 5.41 Å². The summed E-state index contributed by atoms with van der Waals surface area (Å²) in [7, 11) is 0. The monoisotopic (exact) mass is 1040 g/mol. The Bertz CT molecular complexity index is 4920. The first-order valence-corrected chi connectivity index (χ1v) is 28.9. The first kappa shape index (κ1) is 45.8. The maximum Gasteiger partial charge on any atom is 0.0640 e. The Morgan fingerprint density at radius 3 is 1.28 bits per heavy atom. The van der Waals surface area contributed by atoms with Crippen LogP contribution in [0.15, 0.2) is 267 Å². The van der Waals surface area contributed by atoms with Gasteiger partial charge < -0.3 is 9.80 Å². The van der Waals surface area contributed by atoms with Crippen molar-refractivity contribution in [3.63, 3.8) is 0 Å². The molecule has 15 aromatic rings. The highest BCUT2D eigenvalue weighted by molar-refractivity contribution is 7.26. The molecule has 0 spiro atoms. The standard InChI is InChI=1S/C75H50N2S2/c1-75(2)71-59-28-12-10-24-55(59)63(48-37-42-53(43-38-48)77(51-21-7-4-8-22-51)67-32-18-30-62-57-26-14-16-34-69(57)79-74(62)67)46-65(71)70-58-27-11-9-23-54(58)64-45-49(39-44-60(64)72(70)75)47-35-40-52(41-36-47)76(50-19-5-3-6-20-50)66-31-17-29-61-56-25-13-15-33-68(56)78-73(61)66/h3-46H,1-2H3. The Morgan fingerprint density at radius 1 is 0.278 bits per heavy atom. The summed E-state index contributed by atoms with van der Waals surface area (Å²) < 4.78 is 5.19. The van der Waals surface area contributed by atoms with Gasteiger partial charge in [-0.25, -0.2) is 0 Å². The zero-order chi connectivity index (χ0) is 52.3. The van der Waals surface area contributed by atoms with E-state index in [1.54, 1.807) is 0 Å². The number of thiophene rings is 2. The number of rotatable bonds is 8. The summed E-state index contributed by atoms with van der Waals surface area (Å²) in [4.78, 5) is 4.84. The van der Waals surface area contributed by atoms with Crippen LogP contribution in [0.1, 0.15) is 25.0 Å². The van der Waals surface area contributed by atoms with Crippen LogP contribution in [0.5, 0.6) is 0 Å². The van der Waals surface area contributed by atoms with E-state index in [1.165, 1.54) is 129 Å². The molecule has 13 aromatic carbocycles. The molecule has 2 heterocycles. The molecule has 0 amide bonds. The summed E-state index contributed by atoms with van der Waals surface area (Å²) >= 11 is 3.74. The summed E-state index contributed by atoms with van der Waals surface area (Å²) in [5.74, 6) is 0. The fourth-order valence-electron chi connectivity index (χ4n) is 13.3. The topological polar surface area (TPSA) is 6.48 Å². The highest BCUT2D eigenvalue weighted by Crippen LogP contribution is 2.58. The summed E-state index contributed by atoms with van der Waals surface area (Å²) in [6.45, 7) is 4.90. The lowest BCUT2D eigenvalue weighted by molar-refractivity contribution is 0.672. The van der Waals surface area contributed by atoms with E-state index < -0.39 is 0 Å². The third-order valence-electron chi connectivity index (χ3n) is 16.8. The largest absolute Gasteiger partial charge is 0.309 e. The van der Waals surface area contributed by atoms with Gasteiger partial charge >= 0.3 is 0 Å². The highest BCUT2D eigenvalue weighted by Gasteiger charge is 2.40. The molecule has 372 valence electrons. The quantitative estimate of drug-likeness (QED) is 0.140. The molecular formula is C75H50N2S2. The Balaban J connectivity index is 0.809. The maximum absolute atomic E-state index is 2.52. The van der Waals surface area contributed by atoms with Gasteiger partial charge in [-0.15, -0.1) is 22.7 Å². The van der Waals surface area contributed by atoms with Gasteiger partial charge in [0.1, 0.15) is 0 Å². The van der Waals surface area contributed by atoms with Crippen molar-refractivity contribution in [2.45, 2.75) is 19.3 Å². The van der Waals surface area contributed by atoms with Gasteiger partial charge in [-0.2, -0.15) is 0 Å². The van der Waals surface area contributed by atoms with Crippen LogP contribution >= 0.6 is 22.7 Å². The van der Waals surface area contributed by atoms with Crippen LogP contribution in [-0.2, 0) is 5.41 Å². The molecule has 1 aliphatic rings. The summed E-state index contributed by atoms with van der Waals surface area (Å²) in [6.07, 6.45) is 0. The van der Waals surface area contributed by atoms with Crippen LogP contribution in [0.2, 0.25) is 0 Å². The minimum atomic E-state index is -0.278. The number of hydrogen-bond acceptors (Lipinski definition) is 4. The van der Waals surface area contributed by atoms with Gasteiger partial charge in [0, 0.05) is 59.1 Å². The molecule has 0 bridgehead atoms. The SMILES string of the molecule is CC1(C)c2c(cc(-c3ccc(N(c4ccccc4)c4cccc5c4sc4ccccc45)cc3)c3ccccc23)-c2c1c1ccc(-c3ccc(N(c4ccccc4)c4cccc5c4sc4ccccc45)cc3)cc1c1ccccc21. The Labute approximate surface area is 466 Å². The van der Waals surface area contributed by atoms with Crippen LogP contribution in [0.3, 0.4) is 0 Å². The normalized spacial score (nSPS) is 12.8. The van der Waals surface area contributed by atoms with Gasteiger partial charge in [-0.05, 0) is 162 Å². The van der Waals surface area contributed by atoms with Crippen molar-refractivity contribution in [1.29, 1.82) is 0 Å².